The SMILES string of the molecule is FC(F)Oc1ccc(-c2n[nH]c(=S)n2/N=C\c2ccc(N3CCCCC3)cc2)cc1. The number of nitrogens with zero attached hydrogens (tertiary/aromatic N) is 4. The van der Waals surface area contributed by atoms with Crippen LogP contribution in [0.5, 0.6) is 5.75 Å². The van der Waals surface area contributed by atoms with E-state index in [2.05, 4.69) is 37.1 Å². The van der Waals surface area contributed by atoms with Crippen molar-refractivity contribution in [1.29, 1.82) is 0 Å². The van der Waals surface area contributed by atoms with Crippen molar-refractivity contribution < 1.29 is 13.5 Å². The van der Waals surface area contributed by atoms with E-state index in [4.69, 9.17) is 12.2 Å². The second-order valence-corrected chi connectivity index (χ2v) is 7.34. The number of ether oxygens (including phenoxy) is 1. The summed E-state index contributed by atoms with van der Waals surface area (Å²) in [6.45, 7) is -0.666. The smallest absolute Gasteiger partial charge is 0.387 e. The second kappa shape index (κ2) is 9.17. The molecule has 0 aliphatic carbocycles. The molecule has 1 fully saturated rings. The third kappa shape index (κ3) is 4.73. The molecular weight excluding hydrogens is 408 g/mol. The van der Waals surface area contributed by atoms with Gasteiger partial charge >= 0.3 is 6.61 Å². The molecule has 156 valence electrons. The molecule has 3 aromatic rings. The van der Waals surface area contributed by atoms with Crippen molar-refractivity contribution in [3.63, 3.8) is 0 Å². The lowest BCUT2D eigenvalue weighted by Crippen LogP contribution is -2.29. The maximum atomic E-state index is 12.3. The van der Waals surface area contributed by atoms with Crippen molar-refractivity contribution in [2.75, 3.05) is 18.0 Å². The number of rotatable bonds is 6. The molecular formula is C21H21F2N5OS. The van der Waals surface area contributed by atoms with E-state index in [9.17, 15) is 8.78 Å². The fraction of sp³-hybridized carbons (Fsp3) is 0.286. The lowest BCUT2D eigenvalue weighted by Gasteiger charge is -2.28. The Morgan fingerprint density at radius 3 is 2.40 bits per heavy atom. The highest BCUT2D eigenvalue weighted by Gasteiger charge is 2.11. The zero-order valence-electron chi connectivity index (χ0n) is 16.2. The van der Waals surface area contributed by atoms with Crippen LogP contribution in [-0.4, -0.2) is 40.8 Å². The number of piperidine rings is 1. The number of hydrogen-bond acceptors (Lipinski definition) is 5. The third-order valence-electron chi connectivity index (χ3n) is 4.92. The van der Waals surface area contributed by atoms with Gasteiger partial charge < -0.3 is 9.64 Å². The molecule has 6 nitrogen and oxygen atoms in total. The molecule has 1 aliphatic rings. The minimum absolute atomic E-state index is 0.0757. The Morgan fingerprint density at radius 1 is 1.03 bits per heavy atom. The first kappa shape index (κ1) is 20.2. The van der Waals surface area contributed by atoms with Gasteiger partial charge in [0, 0.05) is 24.3 Å². The first-order valence-corrected chi connectivity index (χ1v) is 10.1. The topological polar surface area (TPSA) is 58.4 Å². The standard InChI is InChI=1S/C21H21F2N5OS/c22-20(23)29-18-10-6-16(7-11-18)19-25-26-21(30)28(19)24-14-15-4-8-17(9-5-15)27-12-2-1-3-13-27/h4-11,14,20H,1-3,12-13H2,(H,26,30)/b24-14-. The Balaban J connectivity index is 1.51. The molecule has 1 aromatic heterocycles. The zero-order valence-corrected chi connectivity index (χ0v) is 17.0. The lowest BCUT2D eigenvalue weighted by atomic mass is 10.1. The van der Waals surface area contributed by atoms with Crippen LogP contribution in [0.3, 0.4) is 0 Å². The first-order valence-electron chi connectivity index (χ1n) is 9.72. The van der Waals surface area contributed by atoms with Gasteiger partial charge in [-0.2, -0.15) is 23.7 Å². The minimum atomic E-state index is -2.86. The molecule has 0 unspecified atom stereocenters. The maximum absolute atomic E-state index is 12.3. The number of nitrogens with one attached hydrogen (secondary N) is 1. The summed E-state index contributed by atoms with van der Waals surface area (Å²) < 4.78 is 30.9. The van der Waals surface area contributed by atoms with Crippen LogP contribution >= 0.6 is 12.2 Å². The highest BCUT2D eigenvalue weighted by molar-refractivity contribution is 7.71. The van der Waals surface area contributed by atoms with Crippen LogP contribution in [0.15, 0.2) is 53.6 Å². The van der Waals surface area contributed by atoms with Gasteiger partial charge in [0.25, 0.3) is 0 Å². The highest BCUT2D eigenvalue weighted by Crippen LogP contribution is 2.23. The summed E-state index contributed by atoms with van der Waals surface area (Å²) in [4.78, 5) is 2.40. The molecule has 0 spiro atoms. The maximum Gasteiger partial charge on any atom is 0.387 e. The van der Waals surface area contributed by atoms with Crippen LogP contribution in [0.4, 0.5) is 14.5 Å². The molecule has 1 N–H and O–H groups in total. The summed E-state index contributed by atoms with van der Waals surface area (Å²) in [6, 6.07) is 14.4. The number of aromatic nitrogens is 3. The Kier molecular flexibility index (Phi) is 6.18. The molecule has 2 aromatic carbocycles. The van der Waals surface area contributed by atoms with E-state index in [0.29, 0.717) is 16.2 Å². The fourth-order valence-electron chi connectivity index (χ4n) is 3.42. The Labute approximate surface area is 177 Å². The van der Waals surface area contributed by atoms with Gasteiger partial charge in [-0.05, 0) is 73.4 Å². The molecule has 1 saturated heterocycles. The van der Waals surface area contributed by atoms with E-state index in [1.807, 2.05) is 12.1 Å². The fourth-order valence-corrected chi connectivity index (χ4v) is 3.60. The van der Waals surface area contributed by atoms with E-state index in [1.54, 1.807) is 18.3 Å². The summed E-state index contributed by atoms with van der Waals surface area (Å²) >= 11 is 5.28. The predicted molar refractivity (Wildman–Crippen MR) is 115 cm³/mol. The van der Waals surface area contributed by atoms with Crippen LogP contribution in [0, 0.1) is 4.77 Å². The molecule has 30 heavy (non-hydrogen) atoms. The average Bonchev–Trinajstić information content (AvgIpc) is 3.14. The van der Waals surface area contributed by atoms with E-state index < -0.39 is 6.61 Å². The van der Waals surface area contributed by atoms with Crippen molar-refractivity contribution in [1.82, 2.24) is 14.9 Å². The molecule has 0 atom stereocenters. The summed E-state index contributed by atoms with van der Waals surface area (Å²) in [5.41, 5.74) is 2.82. The normalized spacial score (nSPS) is 14.6. The van der Waals surface area contributed by atoms with E-state index in [-0.39, 0.29) is 5.75 Å². The van der Waals surface area contributed by atoms with Crippen molar-refractivity contribution >= 4 is 24.1 Å². The Bertz CT molecular complexity index is 1050. The van der Waals surface area contributed by atoms with E-state index in [0.717, 1.165) is 18.7 Å². The molecule has 0 bridgehead atoms. The van der Waals surface area contributed by atoms with Crippen LogP contribution in [-0.2, 0) is 0 Å². The second-order valence-electron chi connectivity index (χ2n) is 6.95. The minimum Gasteiger partial charge on any atom is -0.435 e. The number of hydrogen-bond donors (Lipinski definition) is 1. The molecule has 0 saturated carbocycles. The average molecular weight is 429 g/mol. The number of H-pyrrole nitrogens is 1. The number of benzene rings is 2. The molecule has 0 radical (unpaired) electrons. The summed E-state index contributed by atoms with van der Waals surface area (Å²) in [5, 5.41) is 11.4. The van der Waals surface area contributed by atoms with Gasteiger partial charge in [0.15, 0.2) is 5.82 Å². The molecule has 0 amide bonds. The number of halogens is 2. The lowest BCUT2D eigenvalue weighted by molar-refractivity contribution is -0.0498. The Hall–Kier alpha value is -3.07. The van der Waals surface area contributed by atoms with Gasteiger partial charge in [-0.1, -0.05) is 12.1 Å². The number of alkyl halides is 2. The van der Waals surface area contributed by atoms with Crippen LogP contribution < -0.4 is 9.64 Å². The van der Waals surface area contributed by atoms with Crippen molar-refractivity contribution in [2.45, 2.75) is 25.9 Å². The zero-order chi connectivity index (χ0) is 20.9. The summed E-state index contributed by atoms with van der Waals surface area (Å²) in [5.74, 6) is 0.552. The van der Waals surface area contributed by atoms with Gasteiger partial charge in [0.05, 0.1) is 6.21 Å². The first-order chi connectivity index (χ1) is 14.6. The monoisotopic (exact) mass is 429 g/mol. The third-order valence-corrected chi connectivity index (χ3v) is 5.19. The predicted octanol–water partition coefficient (Wildman–Crippen LogP) is 5.08. The number of anilines is 1. The summed E-state index contributed by atoms with van der Waals surface area (Å²) in [7, 11) is 0. The van der Waals surface area contributed by atoms with Gasteiger partial charge in [0.2, 0.25) is 4.77 Å². The summed E-state index contributed by atoms with van der Waals surface area (Å²) in [6.07, 6.45) is 5.49. The van der Waals surface area contributed by atoms with Gasteiger partial charge in [0.1, 0.15) is 5.75 Å². The van der Waals surface area contributed by atoms with Crippen molar-refractivity contribution in [3.8, 4) is 17.1 Å². The van der Waals surface area contributed by atoms with Crippen molar-refractivity contribution in [3.05, 3.63) is 58.9 Å². The van der Waals surface area contributed by atoms with Gasteiger partial charge in [-0.3, -0.25) is 0 Å². The van der Waals surface area contributed by atoms with Crippen molar-refractivity contribution in [2.24, 2.45) is 5.10 Å². The van der Waals surface area contributed by atoms with Gasteiger partial charge in [-0.15, -0.1) is 0 Å². The molecule has 1 aliphatic heterocycles. The van der Waals surface area contributed by atoms with E-state index >= 15 is 0 Å². The largest absolute Gasteiger partial charge is 0.435 e. The quantitative estimate of drug-likeness (QED) is 0.438. The van der Waals surface area contributed by atoms with E-state index in [1.165, 1.54) is 41.8 Å². The van der Waals surface area contributed by atoms with Crippen LogP contribution in [0.2, 0.25) is 0 Å². The molecule has 9 heteroatoms. The highest BCUT2D eigenvalue weighted by atomic mass is 32.1. The number of aromatic amines is 1. The Morgan fingerprint density at radius 2 is 1.73 bits per heavy atom. The van der Waals surface area contributed by atoms with Gasteiger partial charge in [-0.25, -0.2) is 5.10 Å². The van der Waals surface area contributed by atoms with Crippen LogP contribution in [0.25, 0.3) is 11.4 Å². The molecule has 4 rings (SSSR count). The molecule has 2 heterocycles. The van der Waals surface area contributed by atoms with Crippen LogP contribution in [0.1, 0.15) is 24.8 Å².